The summed E-state index contributed by atoms with van der Waals surface area (Å²) in [7, 11) is 1.15. The third-order valence-electron chi connectivity index (χ3n) is 2.77. The van der Waals surface area contributed by atoms with Crippen molar-refractivity contribution in [3.63, 3.8) is 0 Å². The summed E-state index contributed by atoms with van der Waals surface area (Å²) < 4.78 is 58.5. The van der Waals surface area contributed by atoms with E-state index in [1.807, 2.05) is 0 Å². The summed E-state index contributed by atoms with van der Waals surface area (Å²) in [5.41, 5.74) is 0.342. The van der Waals surface area contributed by atoms with Crippen LogP contribution in [0.3, 0.4) is 0 Å². The summed E-state index contributed by atoms with van der Waals surface area (Å²) in [5, 5.41) is 0. The van der Waals surface area contributed by atoms with Gasteiger partial charge in [0.2, 0.25) is 0 Å². The van der Waals surface area contributed by atoms with Gasteiger partial charge in [0.05, 0.1) is 12.7 Å². The molecule has 0 aliphatic rings. The van der Waals surface area contributed by atoms with Gasteiger partial charge in [-0.1, -0.05) is 12.1 Å². The molecule has 0 amide bonds. The van der Waals surface area contributed by atoms with E-state index in [0.29, 0.717) is 0 Å². The zero-order chi connectivity index (χ0) is 16.3. The normalized spacial score (nSPS) is 11.1. The van der Waals surface area contributed by atoms with E-state index in [4.69, 9.17) is 0 Å². The van der Waals surface area contributed by atoms with E-state index < -0.39 is 23.9 Å². The van der Waals surface area contributed by atoms with Gasteiger partial charge in [-0.05, 0) is 41.5 Å². The lowest BCUT2D eigenvalue weighted by Gasteiger charge is -2.12. The average molecular weight is 314 g/mol. The van der Waals surface area contributed by atoms with Crippen molar-refractivity contribution in [3.8, 4) is 16.9 Å². The Morgan fingerprint density at radius 3 is 2.45 bits per heavy atom. The molecule has 0 spiro atoms. The third-order valence-corrected chi connectivity index (χ3v) is 2.77. The van der Waals surface area contributed by atoms with Gasteiger partial charge in [0, 0.05) is 0 Å². The van der Waals surface area contributed by atoms with Crippen molar-refractivity contribution in [1.29, 1.82) is 0 Å². The van der Waals surface area contributed by atoms with Crippen LogP contribution in [0.25, 0.3) is 11.1 Å². The standard InChI is InChI=1S/C15H10F4O3/c1-21-14(20)12-6-5-10(16)8-13(12)9-3-2-4-11(7-9)22-15(17,18)19/h2-8H,1H3. The molecule has 0 radical (unpaired) electrons. The van der Waals surface area contributed by atoms with Crippen LogP contribution in [0, 0.1) is 5.82 Å². The van der Waals surface area contributed by atoms with E-state index in [1.54, 1.807) is 0 Å². The van der Waals surface area contributed by atoms with Crippen LogP contribution in [0.5, 0.6) is 5.75 Å². The molecule has 116 valence electrons. The van der Waals surface area contributed by atoms with Crippen molar-refractivity contribution in [1.82, 2.24) is 0 Å². The van der Waals surface area contributed by atoms with Crippen molar-refractivity contribution in [2.24, 2.45) is 0 Å². The molecule has 22 heavy (non-hydrogen) atoms. The fourth-order valence-corrected chi connectivity index (χ4v) is 1.90. The van der Waals surface area contributed by atoms with Gasteiger partial charge in [-0.2, -0.15) is 0 Å². The number of esters is 1. The Hall–Kier alpha value is -2.57. The van der Waals surface area contributed by atoms with E-state index in [-0.39, 0.29) is 16.7 Å². The molecule has 3 nitrogen and oxygen atoms in total. The highest BCUT2D eigenvalue weighted by molar-refractivity contribution is 5.97. The minimum absolute atomic E-state index is 0.0352. The molecule has 0 fully saturated rings. The Morgan fingerprint density at radius 2 is 1.82 bits per heavy atom. The molecule has 0 aliphatic heterocycles. The molecule has 0 heterocycles. The molecule has 0 atom stereocenters. The largest absolute Gasteiger partial charge is 0.573 e. The molecule has 0 N–H and O–H groups in total. The lowest BCUT2D eigenvalue weighted by atomic mass is 9.99. The van der Waals surface area contributed by atoms with Crippen molar-refractivity contribution in [2.75, 3.05) is 7.11 Å². The molecule has 0 aliphatic carbocycles. The molecule has 0 saturated carbocycles. The van der Waals surface area contributed by atoms with Gasteiger partial charge in [0.1, 0.15) is 11.6 Å². The van der Waals surface area contributed by atoms with E-state index in [2.05, 4.69) is 9.47 Å². The van der Waals surface area contributed by atoms with Crippen LogP contribution >= 0.6 is 0 Å². The Kier molecular flexibility index (Phi) is 4.35. The SMILES string of the molecule is COC(=O)c1ccc(F)cc1-c1cccc(OC(F)(F)F)c1. The lowest BCUT2D eigenvalue weighted by molar-refractivity contribution is -0.274. The van der Waals surface area contributed by atoms with Crippen LogP contribution in [0.2, 0.25) is 0 Å². The molecular weight excluding hydrogens is 304 g/mol. The number of rotatable bonds is 3. The van der Waals surface area contributed by atoms with Gasteiger partial charge in [-0.15, -0.1) is 13.2 Å². The Labute approximate surface area is 123 Å². The second kappa shape index (κ2) is 6.05. The van der Waals surface area contributed by atoms with Gasteiger partial charge in [-0.3, -0.25) is 0 Å². The van der Waals surface area contributed by atoms with Crippen molar-refractivity contribution >= 4 is 5.97 Å². The second-order valence-electron chi connectivity index (χ2n) is 4.26. The molecule has 2 aromatic carbocycles. The molecule has 2 rings (SSSR count). The third kappa shape index (κ3) is 3.75. The number of alkyl halides is 3. The number of hydrogen-bond donors (Lipinski definition) is 0. The van der Waals surface area contributed by atoms with Gasteiger partial charge in [0.25, 0.3) is 0 Å². The number of methoxy groups -OCH3 is 1. The van der Waals surface area contributed by atoms with Crippen LogP contribution in [0.1, 0.15) is 10.4 Å². The number of halogens is 4. The smallest absolute Gasteiger partial charge is 0.465 e. The van der Waals surface area contributed by atoms with Crippen LogP contribution in [0.4, 0.5) is 17.6 Å². The molecule has 0 unspecified atom stereocenters. The minimum atomic E-state index is -4.84. The lowest BCUT2D eigenvalue weighted by Crippen LogP contribution is -2.17. The first-order chi connectivity index (χ1) is 10.3. The Morgan fingerprint density at radius 1 is 1.09 bits per heavy atom. The number of ether oxygens (including phenoxy) is 2. The number of carbonyl (C=O) groups excluding carboxylic acids is 1. The number of hydrogen-bond acceptors (Lipinski definition) is 3. The Bertz CT molecular complexity index is 695. The highest BCUT2D eigenvalue weighted by Gasteiger charge is 2.31. The predicted octanol–water partition coefficient (Wildman–Crippen LogP) is 4.18. The maximum absolute atomic E-state index is 13.4. The summed E-state index contributed by atoms with van der Waals surface area (Å²) in [6.07, 6.45) is -4.84. The summed E-state index contributed by atoms with van der Waals surface area (Å²) in [6, 6.07) is 8.22. The summed E-state index contributed by atoms with van der Waals surface area (Å²) in [5.74, 6) is -1.83. The zero-order valence-electron chi connectivity index (χ0n) is 11.3. The van der Waals surface area contributed by atoms with Crippen LogP contribution in [-0.4, -0.2) is 19.4 Å². The van der Waals surface area contributed by atoms with Gasteiger partial charge >= 0.3 is 12.3 Å². The molecule has 0 bridgehead atoms. The topological polar surface area (TPSA) is 35.5 Å². The molecule has 2 aromatic rings. The van der Waals surface area contributed by atoms with Crippen molar-refractivity contribution < 1.29 is 31.8 Å². The van der Waals surface area contributed by atoms with Crippen molar-refractivity contribution in [3.05, 3.63) is 53.8 Å². The van der Waals surface area contributed by atoms with Crippen LogP contribution in [0.15, 0.2) is 42.5 Å². The Balaban J connectivity index is 2.50. The molecule has 7 heteroatoms. The molecular formula is C15H10F4O3. The zero-order valence-corrected chi connectivity index (χ0v) is 11.3. The van der Waals surface area contributed by atoms with E-state index in [0.717, 1.165) is 31.4 Å². The van der Waals surface area contributed by atoms with Gasteiger partial charge in [-0.25, -0.2) is 9.18 Å². The minimum Gasteiger partial charge on any atom is -0.465 e. The van der Waals surface area contributed by atoms with E-state index >= 15 is 0 Å². The average Bonchev–Trinajstić information content (AvgIpc) is 2.45. The van der Waals surface area contributed by atoms with Gasteiger partial charge in [0.15, 0.2) is 0 Å². The van der Waals surface area contributed by atoms with E-state index in [9.17, 15) is 22.4 Å². The number of carbonyl (C=O) groups is 1. The van der Waals surface area contributed by atoms with Crippen LogP contribution < -0.4 is 4.74 Å². The quantitative estimate of drug-likeness (QED) is 0.630. The summed E-state index contributed by atoms with van der Waals surface area (Å²) in [4.78, 5) is 11.7. The maximum atomic E-state index is 13.4. The first-order valence-corrected chi connectivity index (χ1v) is 6.04. The fraction of sp³-hybridized carbons (Fsp3) is 0.133. The highest BCUT2D eigenvalue weighted by atomic mass is 19.4. The fourth-order valence-electron chi connectivity index (χ4n) is 1.90. The maximum Gasteiger partial charge on any atom is 0.573 e. The van der Waals surface area contributed by atoms with E-state index in [1.165, 1.54) is 18.2 Å². The molecule has 0 aromatic heterocycles. The first-order valence-electron chi connectivity index (χ1n) is 6.04. The predicted molar refractivity (Wildman–Crippen MR) is 69.9 cm³/mol. The second-order valence-corrected chi connectivity index (χ2v) is 4.26. The number of benzene rings is 2. The first kappa shape index (κ1) is 15.8. The summed E-state index contributed by atoms with van der Waals surface area (Å²) in [6.45, 7) is 0. The van der Waals surface area contributed by atoms with Crippen LogP contribution in [-0.2, 0) is 4.74 Å². The highest BCUT2D eigenvalue weighted by Crippen LogP contribution is 2.30. The summed E-state index contributed by atoms with van der Waals surface area (Å²) >= 11 is 0. The van der Waals surface area contributed by atoms with Gasteiger partial charge < -0.3 is 9.47 Å². The monoisotopic (exact) mass is 314 g/mol. The van der Waals surface area contributed by atoms with Crippen molar-refractivity contribution in [2.45, 2.75) is 6.36 Å². The molecule has 0 saturated heterocycles.